The van der Waals surface area contributed by atoms with E-state index >= 15 is 0 Å². The molecule has 0 amide bonds. The van der Waals surface area contributed by atoms with Crippen molar-refractivity contribution in [1.29, 1.82) is 0 Å². The summed E-state index contributed by atoms with van der Waals surface area (Å²) in [4.78, 5) is 6.00. The van der Waals surface area contributed by atoms with E-state index in [0.29, 0.717) is 23.8 Å². The van der Waals surface area contributed by atoms with E-state index in [2.05, 4.69) is 21.8 Å². The number of H-pyrrole nitrogens is 1. The maximum atomic E-state index is 12.6. The standard InChI is InChI=1S/C21H21N3O4S/c1-12-3-5-14(6-4-12)29(25,26)24-23-18-8-13(2)7-16-15-9-19-20(28-11-27-19)10-17(15)22-21(16)18/h3-6,9-10,13,22,24H,7-8,11H2,1-2H3/b23-18-. The van der Waals surface area contributed by atoms with Gasteiger partial charge in [-0.3, -0.25) is 0 Å². The zero-order chi connectivity index (χ0) is 20.2. The van der Waals surface area contributed by atoms with Crippen molar-refractivity contribution in [1.82, 2.24) is 9.82 Å². The van der Waals surface area contributed by atoms with Gasteiger partial charge in [-0.25, -0.2) is 0 Å². The Morgan fingerprint density at radius 1 is 1.10 bits per heavy atom. The van der Waals surface area contributed by atoms with E-state index in [4.69, 9.17) is 9.47 Å². The smallest absolute Gasteiger partial charge is 0.276 e. The van der Waals surface area contributed by atoms with E-state index in [-0.39, 0.29) is 11.7 Å². The van der Waals surface area contributed by atoms with Crippen molar-refractivity contribution in [3.63, 3.8) is 0 Å². The molecular formula is C21H21N3O4S. The molecule has 0 spiro atoms. The maximum absolute atomic E-state index is 12.6. The molecule has 1 aliphatic carbocycles. The molecule has 7 nitrogen and oxygen atoms in total. The van der Waals surface area contributed by atoms with Crippen molar-refractivity contribution in [3.8, 4) is 11.5 Å². The van der Waals surface area contributed by atoms with Gasteiger partial charge in [0, 0.05) is 11.5 Å². The van der Waals surface area contributed by atoms with Crippen LogP contribution in [0, 0.1) is 12.8 Å². The van der Waals surface area contributed by atoms with Gasteiger partial charge in [-0.1, -0.05) is 24.6 Å². The fourth-order valence-corrected chi connectivity index (χ4v) is 4.77. The minimum Gasteiger partial charge on any atom is -0.454 e. The van der Waals surface area contributed by atoms with Crippen LogP contribution in [0.2, 0.25) is 0 Å². The lowest BCUT2D eigenvalue weighted by atomic mass is 9.86. The minimum atomic E-state index is -3.73. The fraction of sp³-hybridized carbons (Fsp3) is 0.286. The predicted molar refractivity (Wildman–Crippen MR) is 110 cm³/mol. The number of hydrazone groups is 1. The number of aryl methyl sites for hydroxylation is 1. The van der Waals surface area contributed by atoms with Crippen molar-refractivity contribution >= 4 is 26.6 Å². The molecule has 0 fully saturated rings. The Kier molecular flexibility index (Phi) is 4.06. The summed E-state index contributed by atoms with van der Waals surface area (Å²) in [7, 11) is -3.73. The Bertz CT molecular complexity index is 1240. The Hall–Kier alpha value is -3.00. The van der Waals surface area contributed by atoms with Crippen LogP contribution in [0.1, 0.15) is 30.2 Å². The molecule has 0 bridgehead atoms. The van der Waals surface area contributed by atoms with Crippen molar-refractivity contribution in [2.24, 2.45) is 11.0 Å². The monoisotopic (exact) mass is 411 g/mol. The average Bonchev–Trinajstić information content (AvgIpc) is 3.28. The highest BCUT2D eigenvalue weighted by Crippen LogP contribution is 2.40. The number of hydrogen-bond acceptors (Lipinski definition) is 5. The molecule has 3 aromatic rings. The molecule has 1 aliphatic heterocycles. The number of benzene rings is 2. The van der Waals surface area contributed by atoms with Gasteiger partial charge in [-0.05, 0) is 49.4 Å². The molecule has 2 heterocycles. The van der Waals surface area contributed by atoms with Crippen LogP contribution in [-0.2, 0) is 16.4 Å². The van der Waals surface area contributed by atoms with Gasteiger partial charge in [0.15, 0.2) is 11.5 Å². The van der Waals surface area contributed by atoms with Gasteiger partial charge in [0.1, 0.15) is 0 Å². The highest BCUT2D eigenvalue weighted by atomic mass is 32.2. The second kappa shape index (κ2) is 6.52. The van der Waals surface area contributed by atoms with E-state index in [9.17, 15) is 8.42 Å². The van der Waals surface area contributed by atoms with Crippen molar-refractivity contribution < 1.29 is 17.9 Å². The van der Waals surface area contributed by atoms with E-state index in [1.165, 1.54) is 0 Å². The lowest BCUT2D eigenvalue weighted by Crippen LogP contribution is -2.24. The number of nitrogens with one attached hydrogen (secondary N) is 2. The first kappa shape index (κ1) is 18.1. The van der Waals surface area contributed by atoms with Gasteiger partial charge in [0.25, 0.3) is 10.0 Å². The van der Waals surface area contributed by atoms with Crippen LogP contribution >= 0.6 is 0 Å². The van der Waals surface area contributed by atoms with Crippen LogP contribution in [-0.4, -0.2) is 25.9 Å². The summed E-state index contributed by atoms with van der Waals surface area (Å²) < 4.78 is 36.2. The average molecular weight is 411 g/mol. The van der Waals surface area contributed by atoms with Gasteiger partial charge in [-0.2, -0.15) is 18.4 Å². The van der Waals surface area contributed by atoms with Crippen LogP contribution in [0.15, 0.2) is 46.4 Å². The molecule has 5 rings (SSSR count). The Morgan fingerprint density at radius 2 is 1.83 bits per heavy atom. The first-order valence-corrected chi connectivity index (χ1v) is 11.0. The van der Waals surface area contributed by atoms with E-state index in [0.717, 1.165) is 39.9 Å². The van der Waals surface area contributed by atoms with Crippen LogP contribution in [0.25, 0.3) is 10.9 Å². The Balaban J connectivity index is 1.53. The summed E-state index contributed by atoms with van der Waals surface area (Å²) in [6.07, 6.45) is 1.57. The molecule has 2 aliphatic rings. The largest absolute Gasteiger partial charge is 0.454 e. The molecule has 1 atom stereocenters. The molecule has 1 aromatic heterocycles. The molecule has 150 valence electrons. The maximum Gasteiger partial charge on any atom is 0.276 e. The summed E-state index contributed by atoms with van der Waals surface area (Å²) in [5.41, 5.74) is 4.63. The zero-order valence-corrected chi connectivity index (χ0v) is 17.0. The number of hydrogen-bond donors (Lipinski definition) is 2. The van der Waals surface area contributed by atoms with Crippen molar-refractivity contribution in [3.05, 3.63) is 53.2 Å². The van der Waals surface area contributed by atoms with Gasteiger partial charge < -0.3 is 14.5 Å². The highest BCUT2D eigenvalue weighted by molar-refractivity contribution is 7.89. The molecule has 0 saturated carbocycles. The number of ether oxygens (including phenoxy) is 2. The van der Waals surface area contributed by atoms with Gasteiger partial charge in [0.2, 0.25) is 6.79 Å². The van der Waals surface area contributed by atoms with E-state index in [1.807, 2.05) is 19.1 Å². The summed E-state index contributed by atoms with van der Waals surface area (Å²) in [5.74, 6) is 1.79. The molecule has 29 heavy (non-hydrogen) atoms. The van der Waals surface area contributed by atoms with Crippen LogP contribution in [0.5, 0.6) is 11.5 Å². The summed E-state index contributed by atoms with van der Waals surface area (Å²) >= 11 is 0. The highest BCUT2D eigenvalue weighted by Gasteiger charge is 2.27. The topological polar surface area (TPSA) is 92.8 Å². The minimum absolute atomic E-state index is 0.193. The second-order valence-corrected chi connectivity index (χ2v) is 9.37. The number of aromatic nitrogens is 1. The SMILES string of the molecule is Cc1ccc(S(=O)(=O)N/N=C2/CC(C)Cc3c2[nH]c2cc4c(cc32)OCO4)cc1. The molecule has 0 saturated heterocycles. The summed E-state index contributed by atoms with van der Waals surface area (Å²) in [6, 6.07) is 10.6. The quantitative estimate of drug-likeness (QED) is 0.646. The summed E-state index contributed by atoms with van der Waals surface area (Å²) in [6.45, 7) is 4.28. The van der Waals surface area contributed by atoms with E-state index < -0.39 is 10.0 Å². The van der Waals surface area contributed by atoms with Gasteiger partial charge in [0.05, 0.1) is 21.8 Å². The third kappa shape index (κ3) is 3.13. The lowest BCUT2D eigenvalue weighted by molar-refractivity contribution is 0.174. The fourth-order valence-electron chi connectivity index (χ4n) is 3.94. The first-order chi connectivity index (χ1) is 13.9. The number of sulfonamides is 1. The zero-order valence-electron chi connectivity index (χ0n) is 16.2. The third-order valence-corrected chi connectivity index (χ3v) is 6.64. The normalized spacial score (nSPS) is 19.5. The van der Waals surface area contributed by atoms with Crippen molar-refractivity contribution in [2.75, 3.05) is 6.79 Å². The Morgan fingerprint density at radius 3 is 2.59 bits per heavy atom. The molecule has 2 N–H and O–H groups in total. The molecule has 0 radical (unpaired) electrons. The Labute approximate surface area is 168 Å². The van der Waals surface area contributed by atoms with Crippen LogP contribution in [0.4, 0.5) is 0 Å². The summed E-state index contributed by atoms with van der Waals surface area (Å²) in [5, 5.41) is 5.36. The van der Waals surface area contributed by atoms with Gasteiger partial charge in [-0.15, -0.1) is 0 Å². The molecule has 2 aromatic carbocycles. The number of aromatic amines is 1. The number of rotatable bonds is 3. The predicted octanol–water partition coefficient (Wildman–Crippen LogP) is 3.47. The number of nitrogens with zero attached hydrogens (tertiary/aromatic N) is 1. The second-order valence-electron chi connectivity index (χ2n) is 7.71. The first-order valence-electron chi connectivity index (χ1n) is 9.50. The van der Waals surface area contributed by atoms with Gasteiger partial charge >= 0.3 is 0 Å². The van der Waals surface area contributed by atoms with Crippen LogP contribution in [0.3, 0.4) is 0 Å². The van der Waals surface area contributed by atoms with Crippen molar-refractivity contribution in [2.45, 2.75) is 31.6 Å². The number of fused-ring (bicyclic) bond motifs is 4. The third-order valence-electron chi connectivity index (χ3n) is 5.41. The molecule has 1 unspecified atom stereocenters. The molecular weight excluding hydrogens is 390 g/mol. The lowest BCUT2D eigenvalue weighted by Gasteiger charge is -2.20. The van der Waals surface area contributed by atoms with E-state index in [1.54, 1.807) is 24.3 Å². The van der Waals surface area contributed by atoms with Crippen LogP contribution < -0.4 is 14.3 Å². The molecule has 8 heteroatoms.